The number of benzene rings is 1. The number of aryl methyl sites for hydroxylation is 1. The van der Waals surface area contributed by atoms with Crippen LogP contribution < -0.4 is 0 Å². The molecular formula is C13H14N2. The molecule has 1 heterocycles. The Morgan fingerprint density at radius 3 is 2.47 bits per heavy atom. The van der Waals surface area contributed by atoms with Gasteiger partial charge in [-0.05, 0) is 31.6 Å². The lowest BCUT2D eigenvalue weighted by molar-refractivity contribution is 1.15. The molecule has 1 aromatic carbocycles. The third-order valence-electron chi connectivity index (χ3n) is 2.29. The zero-order valence-electron chi connectivity index (χ0n) is 9.07. The number of hydrogen-bond donors (Lipinski definition) is 0. The van der Waals surface area contributed by atoms with Gasteiger partial charge in [0, 0.05) is 0 Å². The van der Waals surface area contributed by atoms with Crippen LogP contribution in [0.2, 0.25) is 0 Å². The maximum absolute atomic E-state index is 4.56. The van der Waals surface area contributed by atoms with Crippen LogP contribution in [0.1, 0.15) is 24.7 Å². The third kappa shape index (κ3) is 2.04. The number of fused-ring (bicyclic) bond motifs is 1. The summed E-state index contributed by atoms with van der Waals surface area (Å²) in [5.41, 5.74) is 3.87. The van der Waals surface area contributed by atoms with Crippen molar-refractivity contribution in [2.45, 2.75) is 20.3 Å². The Balaban J connectivity index is 2.57. The molecule has 1 aromatic heterocycles. The first-order valence-corrected chi connectivity index (χ1v) is 5.21. The molecule has 2 heteroatoms. The number of aromatic nitrogens is 2. The Kier molecular flexibility index (Phi) is 2.77. The first-order chi connectivity index (χ1) is 7.31. The molecule has 0 radical (unpaired) electrons. The number of allylic oxidation sites excluding steroid dienone is 1. The maximum Gasteiger partial charge on any atom is 0.0894 e. The summed E-state index contributed by atoms with van der Waals surface area (Å²) in [4.78, 5) is 9.08. The minimum Gasteiger partial charge on any atom is -0.249 e. The van der Waals surface area contributed by atoms with Crippen LogP contribution in [0.4, 0.5) is 0 Å². The van der Waals surface area contributed by atoms with E-state index in [0.717, 1.165) is 28.8 Å². The summed E-state index contributed by atoms with van der Waals surface area (Å²) >= 11 is 0. The molecule has 2 nitrogen and oxygen atoms in total. The van der Waals surface area contributed by atoms with Crippen molar-refractivity contribution >= 4 is 17.1 Å². The highest BCUT2D eigenvalue weighted by atomic mass is 14.8. The van der Waals surface area contributed by atoms with Crippen LogP contribution in [0.3, 0.4) is 0 Å². The van der Waals surface area contributed by atoms with E-state index in [-0.39, 0.29) is 0 Å². The fourth-order valence-corrected chi connectivity index (χ4v) is 1.49. The number of rotatable bonds is 2. The van der Waals surface area contributed by atoms with Crippen molar-refractivity contribution in [2.24, 2.45) is 0 Å². The van der Waals surface area contributed by atoms with Gasteiger partial charge in [-0.15, -0.1) is 0 Å². The average molecular weight is 198 g/mol. The molecule has 76 valence electrons. The number of nitrogens with zero attached hydrogens (tertiary/aromatic N) is 2. The maximum atomic E-state index is 4.56. The van der Waals surface area contributed by atoms with Crippen LogP contribution >= 0.6 is 0 Å². The lowest BCUT2D eigenvalue weighted by atomic mass is 10.2. The second kappa shape index (κ2) is 4.22. The molecule has 0 atom stereocenters. The van der Waals surface area contributed by atoms with Crippen LogP contribution in [-0.2, 0) is 0 Å². The van der Waals surface area contributed by atoms with Gasteiger partial charge in [-0.2, -0.15) is 0 Å². The Morgan fingerprint density at radius 1 is 1.13 bits per heavy atom. The van der Waals surface area contributed by atoms with Crippen LogP contribution in [0.5, 0.6) is 0 Å². The van der Waals surface area contributed by atoms with Gasteiger partial charge in [0.1, 0.15) is 0 Å². The van der Waals surface area contributed by atoms with Crippen molar-refractivity contribution in [1.82, 2.24) is 9.97 Å². The van der Waals surface area contributed by atoms with Crippen molar-refractivity contribution in [1.29, 1.82) is 0 Å². The van der Waals surface area contributed by atoms with Crippen LogP contribution in [0, 0.1) is 6.92 Å². The van der Waals surface area contributed by atoms with E-state index in [1.807, 2.05) is 37.3 Å². The lowest BCUT2D eigenvalue weighted by Crippen LogP contribution is -1.92. The Morgan fingerprint density at radius 2 is 1.80 bits per heavy atom. The smallest absolute Gasteiger partial charge is 0.0894 e. The van der Waals surface area contributed by atoms with E-state index >= 15 is 0 Å². The van der Waals surface area contributed by atoms with E-state index in [1.165, 1.54) is 0 Å². The second-order valence-electron chi connectivity index (χ2n) is 3.49. The van der Waals surface area contributed by atoms with E-state index in [1.54, 1.807) is 0 Å². The first-order valence-electron chi connectivity index (χ1n) is 5.21. The van der Waals surface area contributed by atoms with E-state index in [4.69, 9.17) is 0 Å². The number of para-hydroxylation sites is 2. The van der Waals surface area contributed by atoms with E-state index in [9.17, 15) is 0 Å². The number of hydrogen-bond acceptors (Lipinski definition) is 2. The second-order valence-corrected chi connectivity index (χ2v) is 3.49. The molecule has 0 spiro atoms. The molecule has 0 aliphatic carbocycles. The van der Waals surface area contributed by atoms with Crippen LogP contribution in [0.25, 0.3) is 17.1 Å². The lowest BCUT2D eigenvalue weighted by Gasteiger charge is -2.01. The van der Waals surface area contributed by atoms with Gasteiger partial charge in [0.25, 0.3) is 0 Å². The van der Waals surface area contributed by atoms with Gasteiger partial charge in [-0.1, -0.05) is 25.1 Å². The standard InChI is InChI=1S/C13H14N2/c1-3-4-7-11-10(2)14-12-8-5-6-9-13(12)15-11/h4-9H,3H2,1-2H3/b7-4+. The fraction of sp³-hybridized carbons (Fsp3) is 0.231. The van der Waals surface area contributed by atoms with Gasteiger partial charge in [-0.25, -0.2) is 9.97 Å². The highest BCUT2D eigenvalue weighted by Crippen LogP contribution is 2.13. The summed E-state index contributed by atoms with van der Waals surface area (Å²) < 4.78 is 0. The minimum absolute atomic E-state index is 0.957. The van der Waals surface area contributed by atoms with Gasteiger partial charge in [0.2, 0.25) is 0 Å². The van der Waals surface area contributed by atoms with Crippen molar-refractivity contribution in [2.75, 3.05) is 0 Å². The summed E-state index contributed by atoms with van der Waals surface area (Å²) in [6.45, 7) is 4.11. The van der Waals surface area contributed by atoms with Crippen LogP contribution in [0.15, 0.2) is 30.3 Å². The van der Waals surface area contributed by atoms with Crippen molar-refractivity contribution in [3.63, 3.8) is 0 Å². The van der Waals surface area contributed by atoms with Gasteiger partial charge in [0.05, 0.1) is 22.4 Å². The Bertz CT molecular complexity index is 501. The molecule has 0 saturated heterocycles. The average Bonchev–Trinajstić information content (AvgIpc) is 2.26. The quantitative estimate of drug-likeness (QED) is 0.739. The minimum atomic E-state index is 0.957. The zero-order valence-corrected chi connectivity index (χ0v) is 9.07. The molecular weight excluding hydrogens is 184 g/mol. The largest absolute Gasteiger partial charge is 0.249 e. The fourth-order valence-electron chi connectivity index (χ4n) is 1.49. The summed E-state index contributed by atoms with van der Waals surface area (Å²) in [5.74, 6) is 0. The molecule has 0 aliphatic heterocycles. The summed E-state index contributed by atoms with van der Waals surface area (Å²) in [7, 11) is 0. The van der Waals surface area contributed by atoms with E-state index in [2.05, 4.69) is 23.0 Å². The third-order valence-corrected chi connectivity index (χ3v) is 2.29. The van der Waals surface area contributed by atoms with Gasteiger partial charge >= 0.3 is 0 Å². The molecule has 0 saturated carbocycles. The van der Waals surface area contributed by atoms with Gasteiger partial charge in [0.15, 0.2) is 0 Å². The van der Waals surface area contributed by atoms with Crippen molar-refractivity contribution < 1.29 is 0 Å². The zero-order chi connectivity index (χ0) is 10.7. The molecule has 0 amide bonds. The summed E-state index contributed by atoms with van der Waals surface area (Å²) in [6, 6.07) is 7.95. The molecule has 2 rings (SSSR count). The summed E-state index contributed by atoms with van der Waals surface area (Å²) in [6.07, 6.45) is 5.16. The van der Waals surface area contributed by atoms with E-state index < -0.39 is 0 Å². The van der Waals surface area contributed by atoms with E-state index in [0.29, 0.717) is 0 Å². The molecule has 2 aromatic rings. The molecule has 15 heavy (non-hydrogen) atoms. The first kappa shape index (κ1) is 9.84. The summed E-state index contributed by atoms with van der Waals surface area (Å²) in [5, 5.41) is 0. The normalized spacial score (nSPS) is 11.3. The molecule has 0 unspecified atom stereocenters. The SMILES string of the molecule is CC/C=C/c1nc2ccccc2nc1C. The molecule has 0 bridgehead atoms. The predicted molar refractivity (Wildman–Crippen MR) is 63.6 cm³/mol. The molecule has 0 aliphatic rings. The highest BCUT2D eigenvalue weighted by Gasteiger charge is 2.00. The van der Waals surface area contributed by atoms with Crippen LogP contribution in [-0.4, -0.2) is 9.97 Å². The van der Waals surface area contributed by atoms with Crippen molar-refractivity contribution in [3.8, 4) is 0 Å². The molecule has 0 fully saturated rings. The Hall–Kier alpha value is -1.70. The Labute approximate surface area is 89.7 Å². The monoisotopic (exact) mass is 198 g/mol. The van der Waals surface area contributed by atoms with Crippen molar-refractivity contribution in [3.05, 3.63) is 41.7 Å². The highest BCUT2D eigenvalue weighted by molar-refractivity contribution is 5.75. The topological polar surface area (TPSA) is 25.8 Å². The van der Waals surface area contributed by atoms with Gasteiger partial charge in [-0.3, -0.25) is 0 Å². The predicted octanol–water partition coefficient (Wildman–Crippen LogP) is 3.36. The molecule has 0 N–H and O–H groups in total. The van der Waals surface area contributed by atoms with Gasteiger partial charge < -0.3 is 0 Å².